The topological polar surface area (TPSA) is 65.2 Å². The Balaban J connectivity index is 1.47. The summed E-state index contributed by atoms with van der Waals surface area (Å²) in [6.45, 7) is 3.05. The first-order valence-electron chi connectivity index (χ1n) is 9.34. The van der Waals surface area contributed by atoms with E-state index in [1.165, 1.54) is 0 Å². The molecule has 3 aromatic rings. The van der Waals surface area contributed by atoms with Gasteiger partial charge in [0, 0.05) is 48.7 Å². The number of carbonyl (C=O) groups is 2. The monoisotopic (exact) mass is 397 g/mol. The molecule has 0 fully saturated rings. The molecule has 0 saturated heterocycles. The van der Waals surface area contributed by atoms with Gasteiger partial charge in [0.1, 0.15) is 0 Å². The van der Waals surface area contributed by atoms with Crippen LogP contribution >= 0.6 is 11.6 Å². The maximum absolute atomic E-state index is 12.3. The maximum atomic E-state index is 12.3. The van der Waals surface area contributed by atoms with Crippen molar-refractivity contribution in [1.82, 2.24) is 15.2 Å². The van der Waals surface area contributed by atoms with Gasteiger partial charge in [-0.3, -0.25) is 9.59 Å². The molecular formula is C22H24ClN3O2. The van der Waals surface area contributed by atoms with Gasteiger partial charge in [0.25, 0.3) is 0 Å². The lowest BCUT2D eigenvalue weighted by atomic mass is 10.1. The average molecular weight is 398 g/mol. The number of H-pyrrole nitrogens is 1. The number of aromatic nitrogens is 1. The predicted molar refractivity (Wildman–Crippen MR) is 112 cm³/mol. The van der Waals surface area contributed by atoms with Gasteiger partial charge in [0.15, 0.2) is 0 Å². The molecule has 0 bridgehead atoms. The first kappa shape index (κ1) is 20.0. The summed E-state index contributed by atoms with van der Waals surface area (Å²) >= 11 is 6.01. The Bertz CT molecular complexity index is 967. The Morgan fingerprint density at radius 3 is 2.71 bits per heavy atom. The molecule has 0 unspecified atom stereocenters. The van der Waals surface area contributed by atoms with E-state index in [9.17, 15) is 9.59 Å². The molecule has 2 N–H and O–H groups in total. The summed E-state index contributed by atoms with van der Waals surface area (Å²) in [4.78, 5) is 29.1. The number of aromatic amines is 1. The van der Waals surface area contributed by atoms with Gasteiger partial charge in [-0.25, -0.2) is 0 Å². The van der Waals surface area contributed by atoms with Crippen molar-refractivity contribution in [2.75, 3.05) is 19.6 Å². The highest BCUT2D eigenvalue weighted by atomic mass is 35.5. The molecule has 1 heterocycles. The van der Waals surface area contributed by atoms with Crippen LogP contribution in [0.4, 0.5) is 0 Å². The minimum absolute atomic E-state index is 0.00657. The molecule has 5 nitrogen and oxygen atoms in total. The Morgan fingerprint density at radius 1 is 1.11 bits per heavy atom. The Kier molecular flexibility index (Phi) is 6.71. The highest BCUT2D eigenvalue weighted by Crippen LogP contribution is 2.18. The first-order chi connectivity index (χ1) is 13.5. The van der Waals surface area contributed by atoms with Gasteiger partial charge in [-0.15, -0.1) is 0 Å². The number of benzene rings is 2. The number of para-hydroxylation sites is 1. The lowest BCUT2D eigenvalue weighted by Gasteiger charge is -2.21. The van der Waals surface area contributed by atoms with E-state index in [0.717, 1.165) is 28.5 Å². The lowest BCUT2D eigenvalue weighted by Crippen LogP contribution is -2.39. The van der Waals surface area contributed by atoms with Crippen molar-refractivity contribution in [2.24, 2.45) is 0 Å². The smallest absolute Gasteiger partial charge is 0.224 e. The summed E-state index contributed by atoms with van der Waals surface area (Å²) < 4.78 is 0. The molecule has 1 aromatic heterocycles. The van der Waals surface area contributed by atoms with Crippen molar-refractivity contribution in [1.29, 1.82) is 0 Å². The van der Waals surface area contributed by atoms with Crippen LogP contribution in [0, 0.1) is 0 Å². The zero-order valence-corrected chi connectivity index (χ0v) is 16.6. The van der Waals surface area contributed by atoms with Crippen LogP contribution in [-0.2, 0) is 22.4 Å². The van der Waals surface area contributed by atoms with Crippen molar-refractivity contribution >= 4 is 34.3 Å². The molecule has 0 atom stereocenters. The van der Waals surface area contributed by atoms with Crippen LogP contribution in [0.5, 0.6) is 0 Å². The molecule has 3 rings (SSSR count). The maximum Gasteiger partial charge on any atom is 0.224 e. The van der Waals surface area contributed by atoms with Crippen LogP contribution < -0.4 is 5.32 Å². The fourth-order valence-corrected chi connectivity index (χ4v) is 3.44. The minimum Gasteiger partial charge on any atom is -0.361 e. The largest absolute Gasteiger partial charge is 0.361 e. The summed E-state index contributed by atoms with van der Waals surface area (Å²) in [6.07, 6.45) is 2.91. The third-order valence-corrected chi connectivity index (χ3v) is 4.97. The molecule has 6 heteroatoms. The Hall–Kier alpha value is -2.79. The third-order valence-electron chi connectivity index (χ3n) is 4.73. The summed E-state index contributed by atoms with van der Waals surface area (Å²) in [7, 11) is 0. The lowest BCUT2D eigenvalue weighted by molar-refractivity contribution is -0.129. The first-order valence-corrected chi connectivity index (χ1v) is 9.72. The van der Waals surface area contributed by atoms with Gasteiger partial charge in [0.05, 0.1) is 6.42 Å². The molecule has 0 aliphatic heterocycles. The molecule has 0 radical (unpaired) electrons. The number of fused-ring (bicyclic) bond motifs is 1. The second-order valence-corrected chi connectivity index (χ2v) is 7.21. The van der Waals surface area contributed by atoms with Crippen molar-refractivity contribution in [3.8, 4) is 0 Å². The number of hydrogen-bond donors (Lipinski definition) is 2. The number of amides is 2. The number of halogens is 1. The van der Waals surface area contributed by atoms with E-state index in [1.54, 1.807) is 11.8 Å². The summed E-state index contributed by atoms with van der Waals surface area (Å²) in [5, 5.41) is 4.66. The fraction of sp³-hybridized carbons (Fsp3) is 0.273. The van der Waals surface area contributed by atoms with Gasteiger partial charge in [-0.05, 0) is 35.7 Å². The molecule has 0 spiro atoms. The zero-order chi connectivity index (χ0) is 19.9. The number of hydrogen-bond acceptors (Lipinski definition) is 2. The quantitative estimate of drug-likeness (QED) is 0.610. The van der Waals surface area contributed by atoms with E-state index < -0.39 is 0 Å². The third kappa shape index (κ3) is 5.36. The van der Waals surface area contributed by atoms with Crippen LogP contribution in [0.15, 0.2) is 54.7 Å². The number of carbonyl (C=O) groups excluding carboxylic acids is 2. The van der Waals surface area contributed by atoms with Gasteiger partial charge >= 0.3 is 0 Å². The van der Waals surface area contributed by atoms with Crippen molar-refractivity contribution in [3.63, 3.8) is 0 Å². The van der Waals surface area contributed by atoms with Crippen LogP contribution in [0.1, 0.15) is 18.1 Å². The van der Waals surface area contributed by atoms with Crippen molar-refractivity contribution in [2.45, 2.75) is 19.8 Å². The molecule has 28 heavy (non-hydrogen) atoms. The summed E-state index contributed by atoms with van der Waals surface area (Å²) in [5.41, 5.74) is 3.08. The van der Waals surface area contributed by atoms with E-state index >= 15 is 0 Å². The SMILES string of the molecule is CC(=O)N(CCNC(=O)Cc1c[nH]c2ccccc12)CCc1cccc(Cl)c1. The highest BCUT2D eigenvalue weighted by molar-refractivity contribution is 6.30. The van der Waals surface area contributed by atoms with E-state index in [0.29, 0.717) is 31.1 Å². The standard InChI is InChI=1S/C22H24ClN3O2/c1-16(27)26(11-9-17-5-4-6-19(23)13-17)12-10-24-22(28)14-18-15-25-21-8-3-2-7-20(18)21/h2-8,13,15,25H,9-12,14H2,1H3,(H,24,28). The number of nitrogens with one attached hydrogen (secondary N) is 2. The molecule has 0 saturated carbocycles. The number of nitrogens with zero attached hydrogens (tertiary/aromatic N) is 1. The molecule has 2 amide bonds. The predicted octanol–water partition coefficient (Wildman–Crippen LogP) is 3.57. The summed E-state index contributed by atoms with van der Waals surface area (Å²) in [6, 6.07) is 15.5. The van der Waals surface area contributed by atoms with E-state index in [2.05, 4.69) is 10.3 Å². The van der Waals surface area contributed by atoms with Gasteiger partial charge in [-0.2, -0.15) is 0 Å². The van der Waals surface area contributed by atoms with Gasteiger partial charge in [0.2, 0.25) is 11.8 Å². The second-order valence-electron chi connectivity index (χ2n) is 6.77. The Morgan fingerprint density at radius 2 is 1.93 bits per heavy atom. The zero-order valence-electron chi connectivity index (χ0n) is 15.9. The molecule has 146 valence electrons. The van der Waals surface area contributed by atoms with Crippen LogP contribution in [0.25, 0.3) is 10.9 Å². The molecular weight excluding hydrogens is 374 g/mol. The van der Waals surface area contributed by atoms with Crippen molar-refractivity contribution < 1.29 is 9.59 Å². The van der Waals surface area contributed by atoms with Gasteiger partial charge < -0.3 is 15.2 Å². The minimum atomic E-state index is -0.0527. The molecule has 0 aliphatic rings. The van der Waals surface area contributed by atoms with Crippen LogP contribution in [0.3, 0.4) is 0 Å². The van der Waals surface area contributed by atoms with E-state index in [-0.39, 0.29) is 11.8 Å². The fourth-order valence-electron chi connectivity index (χ4n) is 3.23. The van der Waals surface area contributed by atoms with E-state index in [1.807, 2.05) is 54.7 Å². The van der Waals surface area contributed by atoms with Gasteiger partial charge in [-0.1, -0.05) is 41.9 Å². The van der Waals surface area contributed by atoms with Crippen molar-refractivity contribution in [3.05, 3.63) is 70.9 Å². The van der Waals surface area contributed by atoms with Crippen LogP contribution in [-0.4, -0.2) is 41.3 Å². The second kappa shape index (κ2) is 9.42. The Labute approximate surface area is 169 Å². The van der Waals surface area contributed by atoms with E-state index in [4.69, 9.17) is 11.6 Å². The molecule has 2 aromatic carbocycles. The number of rotatable bonds is 8. The van der Waals surface area contributed by atoms with Crippen LogP contribution in [0.2, 0.25) is 5.02 Å². The summed E-state index contributed by atoms with van der Waals surface area (Å²) in [5.74, 6) is -0.0593. The normalized spacial score (nSPS) is 10.8. The average Bonchev–Trinajstić information content (AvgIpc) is 3.07. The molecule has 0 aliphatic carbocycles. The highest BCUT2D eigenvalue weighted by Gasteiger charge is 2.11.